The number of carbonyl (C=O) groups is 1. The van der Waals surface area contributed by atoms with Crippen LogP contribution in [-0.2, 0) is 4.79 Å². The van der Waals surface area contributed by atoms with Crippen molar-refractivity contribution in [3.05, 3.63) is 42.4 Å². The van der Waals surface area contributed by atoms with Gasteiger partial charge in [-0.2, -0.15) is 13.2 Å². The van der Waals surface area contributed by atoms with Crippen LogP contribution in [0.2, 0.25) is 0 Å². The van der Waals surface area contributed by atoms with E-state index in [4.69, 9.17) is 0 Å². The summed E-state index contributed by atoms with van der Waals surface area (Å²) < 4.78 is 37.1. The molecule has 0 spiro atoms. The van der Waals surface area contributed by atoms with Crippen molar-refractivity contribution in [1.29, 1.82) is 0 Å². The summed E-state index contributed by atoms with van der Waals surface area (Å²) in [5.41, 5.74) is -2.59. The molecular formula is C17H18F3N3OS. The lowest BCUT2D eigenvalue weighted by atomic mass is 10.0. The van der Waals surface area contributed by atoms with Crippen LogP contribution in [0, 0.1) is 0 Å². The summed E-state index contributed by atoms with van der Waals surface area (Å²) in [6.45, 7) is 0.462. The quantitative estimate of drug-likeness (QED) is 0.870. The molecule has 25 heavy (non-hydrogen) atoms. The van der Waals surface area contributed by atoms with Crippen LogP contribution in [0.3, 0.4) is 0 Å². The van der Waals surface area contributed by atoms with Crippen LogP contribution in [0.1, 0.15) is 31.1 Å². The number of amides is 1. The molecule has 1 atom stereocenters. The molecule has 1 aliphatic heterocycles. The molecule has 1 aromatic heterocycles. The third kappa shape index (κ3) is 4.56. The molecule has 1 aliphatic rings. The lowest BCUT2D eigenvalue weighted by molar-refractivity contribution is -0.132. The maximum atomic E-state index is 12.4. The fraction of sp³-hybridized carbons (Fsp3) is 0.412. The molecule has 134 valence electrons. The SMILES string of the molecule is O=C(CSC(F)(F)F)N1CCCCC1c1ncc(-c2ccccc2)[nH]1. The monoisotopic (exact) mass is 369 g/mol. The first kappa shape index (κ1) is 17.8. The second kappa shape index (κ2) is 7.51. The van der Waals surface area contributed by atoms with Gasteiger partial charge < -0.3 is 9.88 Å². The number of hydrogen-bond donors (Lipinski definition) is 1. The van der Waals surface area contributed by atoms with Gasteiger partial charge in [-0.15, -0.1) is 0 Å². The van der Waals surface area contributed by atoms with Gasteiger partial charge in [-0.1, -0.05) is 30.3 Å². The van der Waals surface area contributed by atoms with E-state index in [0.717, 1.165) is 24.1 Å². The van der Waals surface area contributed by atoms with Crippen LogP contribution in [-0.4, -0.2) is 38.6 Å². The van der Waals surface area contributed by atoms with Crippen molar-refractivity contribution in [3.63, 3.8) is 0 Å². The number of nitrogens with one attached hydrogen (secondary N) is 1. The Morgan fingerprint density at radius 1 is 1.28 bits per heavy atom. The summed E-state index contributed by atoms with van der Waals surface area (Å²) in [6.07, 6.45) is 4.12. The Bertz CT molecular complexity index is 717. The molecule has 1 aromatic carbocycles. The van der Waals surface area contributed by atoms with Gasteiger partial charge >= 0.3 is 5.51 Å². The molecule has 0 saturated carbocycles. The minimum Gasteiger partial charge on any atom is -0.340 e. The molecule has 1 saturated heterocycles. The molecular weight excluding hydrogens is 351 g/mol. The number of alkyl halides is 3. The molecule has 1 amide bonds. The Morgan fingerprint density at radius 3 is 2.76 bits per heavy atom. The Morgan fingerprint density at radius 2 is 2.04 bits per heavy atom. The van der Waals surface area contributed by atoms with E-state index >= 15 is 0 Å². The average molecular weight is 369 g/mol. The topological polar surface area (TPSA) is 49.0 Å². The number of halogens is 3. The van der Waals surface area contributed by atoms with Crippen molar-refractivity contribution in [2.24, 2.45) is 0 Å². The number of piperidine rings is 1. The van der Waals surface area contributed by atoms with Gasteiger partial charge in [0.25, 0.3) is 0 Å². The number of H-pyrrole nitrogens is 1. The third-order valence-corrected chi connectivity index (χ3v) is 4.90. The molecule has 2 aromatic rings. The zero-order valence-electron chi connectivity index (χ0n) is 13.4. The predicted octanol–water partition coefficient (Wildman–Crippen LogP) is 4.38. The number of aromatic nitrogens is 2. The summed E-state index contributed by atoms with van der Waals surface area (Å²) in [7, 11) is 0. The van der Waals surface area contributed by atoms with Crippen molar-refractivity contribution < 1.29 is 18.0 Å². The number of thioether (sulfide) groups is 1. The van der Waals surface area contributed by atoms with E-state index in [2.05, 4.69) is 9.97 Å². The molecule has 0 radical (unpaired) electrons. The fourth-order valence-electron chi connectivity index (χ4n) is 3.01. The lowest BCUT2D eigenvalue weighted by Gasteiger charge is -2.34. The van der Waals surface area contributed by atoms with E-state index in [0.29, 0.717) is 18.8 Å². The van der Waals surface area contributed by atoms with Crippen molar-refractivity contribution >= 4 is 17.7 Å². The van der Waals surface area contributed by atoms with Crippen molar-refractivity contribution in [2.75, 3.05) is 12.3 Å². The number of hydrogen-bond acceptors (Lipinski definition) is 3. The molecule has 3 rings (SSSR count). The highest BCUT2D eigenvalue weighted by Gasteiger charge is 2.34. The molecule has 8 heteroatoms. The van der Waals surface area contributed by atoms with Crippen molar-refractivity contribution in [1.82, 2.24) is 14.9 Å². The smallest absolute Gasteiger partial charge is 0.340 e. The Labute approximate surface area is 147 Å². The van der Waals surface area contributed by atoms with E-state index in [-0.39, 0.29) is 17.8 Å². The second-order valence-electron chi connectivity index (χ2n) is 5.88. The first-order chi connectivity index (χ1) is 11.9. The first-order valence-corrected chi connectivity index (χ1v) is 9.03. The van der Waals surface area contributed by atoms with Crippen LogP contribution in [0.5, 0.6) is 0 Å². The van der Waals surface area contributed by atoms with Crippen LogP contribution in [0.4, 0.5) is 13.2 Å². The number of likely N-dealkylation sites (tertiary alicyclic amines) is 1. The lowest BCUT2D eigenvalue weighted by Crippen LogP contribution is -2.40. The van der Waals surface area contributed by atoms with E-state index < -0.39 is 17.2 Å². The maximum Gasteiger partial charge on any atom is 0.442 e. The predicted molar refractivity (Wildman–Crippen MR) is 90.8 cm³/mol. The molecule has 1 N–H and O–H groups in total. The number of nitrogens with zero attached hydrogens (tertiary/aromatic N) is 2. The van der Waals surface area contributed by atoms with Gasteiger partial charge in [0.2, 0.25) is 5.91 Å². The van der Waals surface area contributed by atoms with Gasteiger partial charge in [-0.05, 0) is 36.6 Å². The Hall–Kier alpha value is -1.96. The molecule has 2 heterocycles. The third-order valence-electron chi connectivity index (χ3n) is 4.18. The number of carbonyl (C=O) groups excluding carboxylic acids is 1. The first-order valence-electron chi connectivity index (χ1n) is 8.04. The zero-order valence-corrected chi connectivity index (χ0v) is 14.2. The zero-order chi connectivity index (χ0) is 17.9. The summed E-state index contributed by atoms with van der Waals surface area (Å²) in [4.78, 5) is 21.4. The number of benzene rings is 1. The molecule has 4 nitrogen and oxygen atoms in total. The minimum absolute atomic E-state index is 0.287. The molecule has 1 unspecified atom stereocenters. The van der Waals surface area contributed by atoms with Gasteiger partial charge in [0.1, 0.15) is 5.82 Å². The highest BCUT2D eigenvalue weighted by atomic mass is 32.2. The van der Waals surface area contributed by atoms with Gasteiger partial charge in [-0.25, -0.2) is 4.98 Å². The summed E-state index contributed by atoms with van der Waals surface area (Å²) in [5.74, 6) is -0.458. The Kier molecular flexibility index (Phi) is 5.36. The highest BCUT2D eigenvalue weighted by molar-refractivity contribution is 8.00. The van der Waals surface area contributed by atoms with Gasteiger partial charge in [0, 0.05) is 6.54 Å². The molecule has 0 aliphatic carbocycles. The standard InChI is InChI=1S/C17H18F3N3OS/c18-17(19,20)25-11-15(24)23-9-5-4-8-14(23)16-21-10-13(22-16)12-6-2-1-3-7-12/h1-3,6-7,10,14H,4-5,8-9,11H2,(H,21,22). The summed E-state index contributed by atoms with van der Waals surface area (Å²) in [5, 5.41) is 0. The van der Waals surface area contributed by atoms with E-state index in [1.807, 2.05) is 30.3 Å². The maximum absolute atomic E-state index is 12.4. The molecule has 1 fully saturated rings. The van der Waals surface area contributed by atoms with E-state index in [1.165, 1.54) is 4.90 Å². The summed E-state index contributed by atoms with van der Waals surface area (Å²) >= 11 is -0.287. The van der Waals surface area contributed by atoms with Gasteiger partial charge in [-0.3, -0.25) is 4.79 Å². The Balaban J connectivity index is 1.75. The number of aromatic amines is 1. The normalized spacial score (nSPS) is 18.4. The summed E-state index contributed by atoms with van der Waals surface area (Å²) in [6, 6.07) is 9.34. The largest absolute Gasteiger partial charge is 0.442 e. The average Bonchev–Trinajstić information content (AvgIpc) is 3.10. The van der Waals surface area contributed by atoms with Gasteiger partial charge in [0.15, 0.2) is 0 Å². The van der Waals surface area contributed by atoms with Crippen LogP contribution in [0.15, 0.2) is 36.5 Å². The number of imidazole rings is 1. The molecule has 0 bridgehead atoms. The van der Waals surface area contributed by atoms with Crippen LogP contribution < -0.4 is 0 Å². The second-order valence-corrected chi connectivity index (χ2v) is 6.92. The number of rotatable bonds is 4. The van der Waals surface area contributed by atoms with Crippen LogP contribution >= 0.6 is 11.8 Å². The van der Waals surface area contributed by atoms with E-state index in [9.17, 15) is 18.0 Å². The highest BCUT2D eigenvalue weighted by Crippen LogP contribution is 2.34. The van der Waals surface area contributed by atoms with Crippen molar-refractivity contribution in [2.45, 2.75) is 30.8 Å². The van der Waals surface area contributed by atoms with Crippen molar-refractivity contribution in [3.8, 4) is 11.3 Å². The van der Waals surface area contributed by atoms with Gasteiger partial charge in [0.05, 0.1) is 23.7 Å². The van der Waals surface area contributed by atoms with E-state index in [1.54, 1.807) is 6.20 Å². The van der Waals surface area contributed by atoms with Crippen LogP contribution in [0.25, 0.3) is 11.3 Å². The minimum atomic E-state index is -4.40. The fourth-order valence-corrected chi connectivity index (χ4v) is 3.46.